The maximum Gasteiger partial charge on any atom is 0.305 e. The van der Waals surface area contributed by atoms with Crippen LogP contribution >= 0.6 is 0 Å². The summed E-state index contributed by atoms with van der Waals surface area (Å²) in [4.78, 5) is 24.8. The van der Waals surface area contributed by atoms with Crippen molar-refractivity contribution < 1.29 is 19.1 Å². The second kappa shape index (κ2) is 5.61. The second-order valence-corrected chi connectivity index (χ2v) is 5.12. The fourth-order valence-corrected chi connectivity index (χ4v) is 2.46. The fraction of sp³-hybridized carbons (Fsp3) is 0.467. The van der Waals surface area contributed by atoms with Crippen molar-refractivity contribution >= 4 is 11.9 Å². The van der Waals surface area contributed by atoms with Gasteiger partial charge >= 0.3 is 5.97 Å². The van der Waals surface area contributed by atoms with E-state index in [2.05, 4.69) is 0 Å². The molecule has 0 atom stereocenters. The summed E-state index contributed by atoms with van der Waals surface area (Å²) >= 11 is 0. The van der Waals surface area contributed by atoms with E-state index < -0.39 is 11.4 Å². The third-order valence-electron chi connectivity index (χ3n) is 3.82. The predicted octanol–water partition coefficient (Wildman–Crippen LogP) is 2.18. The Balaban J connectivity index is 2.14. The third kappa shape index (κ3) is 2.81. The topological polar surface area (TPSA) is 57.6 Å². The van der Waals surface area contributed by atoms with Crippen LogP contribution in [-0.4, -0.2) is 35.0 Å². The van der Waals surface area contributed by atoms with Crippen molar-refractivity contribution in [2.24, 2.45) is 0 Å². The average Bonchev–Trinajstić information content (AvgIpc) is 3.21. The maximum absolute atomic E-state index is 13.0. The van der Waals surface area contributed by atoms with E-state index in [-0.39, 0.29) is 24.7 Å². The first kappa shape index (κ1) is 14.5. The van der Waals surface area contributed by atoms with Crippen molar-refractivity contribution in [2.45, 2.75) is 31.6 Å². The van der Waals surface area contributed by atoms with Crippen LogP contribution < -0.4 is 0 Å². The minimum atomic E-state index is -0.914. The Kier molecular flexibility index (Phi) is 4.06. The van der Waals surface area contributed by atoms with Gasteiger partial charge in [-0.25, -0.2) is 4.39 Å². The van der Waals surface area contributed by atoms with E-state index in [1.54, 1.807) is 17.0 Å². The lowest BCUT2D eigenvalue weighted by atomic mass is 9.94. The van der Waals surface area contributed by atoms with E-state index in [1.807, 2.05) is 6.92 Å². The number of rotatable bonds is 6. The molecule has 1 aromatic carbocycles. The molecule has 1 fully saturated rings. The molecule has 0 aliphatic heterocycles. The Hall–Kier alpha value is -1.91. The highest BCUT2D eigenvalue weighted by Crippen LogP contribution is 2.49. The van der Waals surface area contributed by atoms with Crippen molar-refractivity contribution in [1.82, 2.24) is 4.90 Å². The number of amides is 1. The van der Waals surface area contributed by atoms with E-state index >= 15 is 0 Å². The van der Waals surface area contributed by atoms with Gasteiger partial charge in [-0.3, -0.25) is 9.59 Å². The smallest absolute Gasteiger partial charge is 0.305 e. The molecule has 1 N–H and O–H groups in total. The molecule has 108 valence electrons. The molecule has 0 aromatic heterocycles. The van der Waals surface area contributed by atoms with Crippen molar-refractivity contribution in [3.8, 4) is 0 Å². The summed E-state index contributed by atoms with van der Waals surface area (Å²) in [7, 11) is 0. The van der Waals surface area contributed by atoms with Gasteiger partial charge in [-0.2, -0.15) is 0 Å². The number of carboxylic acids is 1. The number of hydrogen-bond donors (Lipinski definition) is 1. The molecule has 1 amide bonds. The molecule has 0 spiro atoms. The summed E-state index contributed by atoms with van der Waals surface area (Å²) in [5.74, 6) is -1.29. The molecule has 4 nitrogen and oxygen atoms in total. The molecule has 20 heavy (non-hydrogen) atoms. The van der Waals surface area contributed by atoms with Crippen LogP contribution in [0.3, 0.4) is 0 Å². The quantitative estimate of drug-likeness (QED) is 0.868. The number of hydrogen-bond acceptors (Lipinski definition) is 2. The number of benzene rings is 1. The summed E-state index contributed by atoms with van der Waals surface area (Å²) in [6.45, 7) is 2.53. The molecule has 1 saturated carbocycles. The summed E-state index contributed by atoms with van der Waals surface area (Å²) in [6.07, 6.45) is 1.42. The van der Waals surface area contributed by atoms with Crippen molar-refractivity contribution in [2.75, 3.05) is 13.1 Å². The van der Waals surface area contributed by atoms with Gasteiger partial charge in [0.15, 0.2) is 0 Å². The van der Waals surface area contributed by atoms with Crippen LogP contribution in [0.25, 0.3) is 0 Å². The standard InChI is InChI=1S/C15H18FNO3/c1-2-17(10-7-13(18)19)14(20)15(8-9-15)11-3-5-12(16)6-4-11/h3-6H,2,7-10H2,1H3,(H,18,19). The second-order valence-electron chi connectivity index (χ2n) is 5.12. The lowest BCUT2D eigenvalue weighted by Gasteiger charge is -2.26. The Bertz CT molecular complexity index is 508. The number of carbonyl (C=O) groups excluding carboxylic acids is 1. The SMILES string of the molecule is CCN(CCC(=O)O)C(=O)C1(c2ccc(F)cc2)CC1. The van der Waals surface area contributed by atoms with Gasteiger partial charge in [0.05, 0.1) is 11.8 Å². The van der Waals surface area contributed by atoms with Gasteiger partial charge in [-0.05, 0) is 37.5 Å². The van der Waals surface area contributed by atoms with Crippen LogP contribution in [0.2, 0.25) is 0 Å². The molecule has 5 heteroatoms. The van der Waals surface area contributed by atoms with Crippen LogP contribution in [-0.2, 0) is 15.0 Å². The van der Waals surface area contributed by atoms with Gasteiger partial charge in [-0.15, -0.1) is 0 Å². The zero-order valence-corrected chi connectivity index (χ0v) is 11.4. The van der Waals surface area contributed by atoms with Crippen molar-refractivity contribution in [1.29, 1.82) is 0 Å². The fourth-order valence-electron chi connectivity index (χ4n) is 2.46. The maximum atomic E-state index is 13.0. The Morgan fingerprint density at radius 2 is 1.90 bits per heavy atom. The Morgan fingerprint density at radius 1 is 1.30 bits per heavy atom. The van der Waals surface area contributed by atoms with Crippen LogP contribution in [0, 0.1) is 5.82 Å². The van der Waals surface area contributed by atoms with Gasteiger partial charge in [0, 0.05) is 13.1 Å². The number of likely N-dealkylation sites (N-methyl/N-ethyl adjacent to an activating group) is 1. The molecular formula is C15H18FNO3. The van der Waals surface area contributed by atoms with E-state index in [0.717, 1.165) is 18.4 Å². The van der Waals surface area contributed by atoms with Gasteiger partial charge in [0.25, 0.3) is 0 Å². The molecule has 1 aliphatic rings. The summed E-state index contributed by atoms with van der Waals surface area (Å²) in [5, 5.41) is 8.73. The first-order chi connectivity index (χ1) is 9.49. The number of nitrogens with zero attached hydrogens (tertiary/aromatic N) is 1. The highest BCUT2D eigenvalue weighted by Gasteiger charge is 2.52. The number of halogens is 1. The number of carboxylic acid groups (broad SMARTS) is 1. The summed E-state index contributed by atoms with van der Waals surface area (Å²) < 4.78 is 13.0. The van der Waals surface area contributed by atoms with Gasteiger partial charge in [0.1, 0.15) is 5.82 Å². The minimum Gasteiger partial charge on any atom is -0.481 e. The molecule has 0 radical (unpaired) electrons. The molecule has 0 heterocycles. The van der Waals surface area contributed by atoms with E-state index in [9.17, 15) is 14.0 Å². The first-order valence-corrected chi connectivity index (χ1v) is 6.77. The highest BCUT2D eigenvalue weighted by molar-refractivity contribution is 5.91. The van der Waals surface area contributed by atoms with E-state index in [4.69, 9.17) is 5.11 Å². The van der Waals surface area contributed by atoms with E-state index in [1.165, 1.54) is 12.1 Å². The normalized spacial score (nSPS) is 15.7. The van der Waals surface area contributed by atoms with Crippen LogP contribution in [0.15, 0.2) is 24.3 Å². The molecule has 0 bridgehead atoms. The largest absolute Gasteiger partial charge is 0.481 e. The Morgan fingerprint density at radius 3 is 2.35 bits per heavy atom. The molecule has 2 rings (SSSR count). The zero-order chi connectivity index (χ0) is 14.8. The minimum absolute atomic E-state index is 0.0483. The molecule has 0 unspecified atom stereocenters. The van der Waals surface area contributed by atoms with Crippen LogP contribution in [0.4, 0.5) is 4.39 Å². The van der Waals surface area contributed by atoms with Crippen LogP contribution in [0.1, 0.15) is 31.7 Å². The van der Waals surface area contributed by atoms with Gasteiger partial charge in [0.2, 0.25) is 5.91 Å². The lowest BCUT2D eigenvalue weighted by molar-refractivity contribution is -0.139. The van der Waals surface area contributed by atoms with Crippen molar-refractivity contribution in [3.05, 3.63) is 35.6 Å². The van der Waals surface area contributed by atoms with Crippen LogP contribution in [0.5, 0.6) is 0 Å². The molecule has 1 aliphatic carbocycles. The summed E-state index contributed by atoms with van der Waals surface area (Å²) in [5.41, 5.74) is 0.250. The summed E-state index contributed by atoms with van der Waals surface area (Å²) in [6, 6.07) is 6.00. The Labute approximate surface area is 117 Å². The van der Waals surface area contributed by atoms with E-state index in [0.29, 0.717) is 6.54 Å². The molecule has 0 saturated heterocycles. The predicted molar refractivity (Wildman–Crippen MR) is 71.8 cm³/mol. The molecule has 1 aromatic rings. The first-order valence-electron chi connectivity index (χ1n) is 6.77. The molecular weight excluding hydrogens is 261 g/mol. The third-order valence-corrected chi connectivity index (χ3v) is 3.82. The van der Waals surface area contributed by atoms with Gasteiger partial charge in [-0.1, -0.05) is 12.1 Å². The average molecular weight is 279 g/mol. The van der Waals surface area contributed by atoms with Crippen molar-refractivity contribution in [3.63, 3.8) is 0 Å². The number of carbonyl (C=O) groups is 2. The monoisotopic (exact) mass is 279 g/mol. The zero-order valence-electron chi connectivity index (χ0n) is 11.4. The number of aliphatic carboxylic acids is 1. The van der Waals surface area contributed by atoms with Gasteiger partial charge < -0.3 is 10.0 Å². The highest BCUT2D eigenvalue weighted by atomic mass is 19.1. The lowest BCUT2D eigenvalue weighted by Crippen LogP contribution is -2.40.